The van der Waals surface area contributed by atoms with Crippen LogP contribution in [0.5, 0.6) is 0 Å². The van der Waals surface area contributed by atoms with Crippen LogP contribution in [0.3, 0.4) is 0 Å². The number of fused-ring (bicyclic) bond motifs is 6. The highest BCUT2D eigenvalue weighted by molar-refractivity contribution is 5.87. The maximum Gasteiger partial charge on any atom is 0.253 e. The summed E-state index contributed by atoms with van der Waals surface area (Å²) in [6.07, 6.45) is 9.30. The first-order valence-corrected chi connectivity index (χ1v) is 11.1. The molecule has 0 N–H and O–H groups in total. The number of rotatable bonds is 1. The van der Waals surface area contributed by atoms with E-state index in [9.17, 15) is 0 Å². The maximum absolute atomic E-state index is 5.29. The number of hydrogen-bond donors (Lipinski definition) is 0. The van der Waals surface area contributed by atoms with E-state index in [-0.39, 0.29) is 5.41 Å². The summed E-state index contributed by atoms with van der Waals surface area (Å²) in [5.74, 6) is 0. The topological polar surface area (TPSA) is 21.2 Å². The van der Waals surface area contributed by atoms with Gasteiger partial charge in [0, 0.05) is 23.4 Å². The molecule has 2 aliphatic rings. The van der Waals surface area contributed by atoms with Gasteiger partial charge >= 0.3 is 0 Å². The largest absolute Gasteiger partial charge is 0.288 e. The first kappa shape index (κ1) is 19.3. The third kappa shape index (κ3) is 2.71. The van der Waals surface area contributed by atoms with Crippen LogP contribution in [0.15, 0.2) is 41.6 Å². The Bertz CT molecular complexity index is 1320. The van der Waals surface area contributed by atoms with Crippen molar-refractivity contribution in [2.75, 3.05) is 0 Å². The van der Waals surface area contributed by atoms with Crippen molar-refractivity contribution in [1.82, 2.24) is 9.38 Å². The average Bonchev–Trinajstić information content (AvgIpc) is 3.25. The number of allylic oxidation sites excluding steroid dienone is 6. The summed E-state index contributed by atoms with van der Waals surface area (Å²) in [7, 11) is 0. The molecule has 1 aromatic carbocycles. The zero-order valence-corrected chi connectivity index (χ0v) is 19.3. The van der Waals surface area contributed by atoms with Gasteiger partial charge in [0.1, 0.15) is 5.52 Å². The fourth-order valence-electron chi connectivity index (χ4n) is 5.42. The second kappa shape index (κ2) is 6.41. The van der Waals surface area contributed by atoms with E-state index < -0.39 is 0 Å². The number of nitrogens with zero attached hydrogens (tertiary/aromatic N) is 3. The molecule has 0 saturated carbocycles. The number of benzene rings is 1. The van der Waals surface area contributed by atoms with Gasteiger partial charge in [0.15, 0.2) is 6.54 Å². The Kier molecular flexibility index (Phi) is 4.12. The van der Waals surface area contributed by atoms with Crippen LogP contribution < -0.4 is 4.57 Å². The van der Waals surface area contributed by atoms with E-state index in [0.29, 0.717) is 0 Å². The summed E-state index contributed by atoms with van der Waals surface area (Å²) in [6.45, 7) is 16.8. The van der Waals surface area contributed by atoms with Crippen LogP contribution in [0, 0.1) is 19.3 Å². The monoisotopic (exact) mass is 398 g/mol. The van der Waals surface area contributed by atoms with Crippen molar-refractivity contribution in [2.45, 2.75) is 67.9 Å². The fraction of sp³-hybridized carbons (Fsp3) is 0.407. The highest BCUT2D eigenvalue weighted by atomic mass is 15.1. The van der Waals surface area contributed by atoms with Gasteiger partial charge in [-0.3, -0.25) is 4.40 Å². The fourth-order valence-corrected chi connectivity index (χ4v) is 5.42. The minimum absolute atomic E-state index is 0.0766. The van der Waals surface area contributed by atoms with E-state index in [1.807, 2.05) is 0 Å². The van der Waals surface area contributed by atoms with Gasteiger partial charge in [0.2, 0.25) is 11.2 Å². The molecule has 30 heavy (non-hydrogen) atoms. The Hall–Kier alpha value is -2.68. The van der Waals surface area contributed by atoms with Gasteiger partial charge in [0.05, 0.1) is 5.69 Å². The molecule has 3 nitrogen and oxygen atoms in total. The quantitative estimate of drug-likeness (QED) is 0.438. The smallest absolute Gasteiger partial charge is 0.253 e. The maximum atomic E-state index is 5.29. The highest BCUT2D eigenvalue weighted by Gasteiger charge is 2.37. The van der Waals surface area contributed by atoms with Gasteiger partial charge in [-0.1, -0.05) is 38.5 Å². The first-order chi connectivity index (χ1) is 14.2. The van der Waals surface area contributed by atoms with E-state index in [0.717, 1.165) is 30.7 Å². The summed E-state index contributed by atoms with van der Waals surface area (Å²) < 4.78 is 4.84. The Balaban J connectivity index is 1.93. The highest BCUT2D eigenvalue weighted by Crippen LogP contribution is 2.39. The Labute approximate surface area is 179 Å². The number of imidazole rings is 1. The van der Waals surface area contributed by atoms with Crippen LogP contribution >= 0.6 is 0 Å². The molecule has 1 aliphatic carbocycles. The summed E-state index contributed by atoms with van der Waals surface area (Å²) in [4.78, 5) is 5.29. The lowest BCUT2D eigenvalue weighted by Gasteiger charge is -2.18. The number of hydrogen-bond acceptors (Lipinski definition) is 1. The molecule has 0 saturated heterocycles. The van der Waals surface area contributed by atoms with Crippen LogP contribution in [0.4, 0.5) is 0 Å². The molecule has 3 aromatic rings. The van der Waals surface area contributed by atoms with Crippen LogP contribution in [0.2, 0.25) is 0 Å². The van der Waals surface area contributed by atoms with Gasteiger partial charge in [-0.15, -0.1) is 0 Å². The van der Waals surface area contributed by atoms with Crippen molar-refractivity contribution in [3.63, 3.8) is 0 Å². The van der Waals surface area contributed by atoms with Gasteiger partial charge in [-0.25, -0.2) is 4.98 Å². The standard InChI is InChI=1S/C27H32N3/c1-16-13-19(4)24-22(14-16)29-12-11-20(27(5,6)7)25(29)26-28-21(15-30(24)26)23-17(2)9-8-10-18(23)3/h9,11,13-15H,8,10,12H2,1-7H3/q+1. The molecule has 0 spiro atoms. The predicted octanol–water partition coefficient (Wildman–Crippen LogP) is 6.35. The Morgan fingerprint density at radius 1 is 1.03 bits per heavy atom. The average molecular weight is 399 g/mol. The normalized spacial score (nSPS) is 17.0. The van der Waals surface area contributed by atoms with Crippen molar-refractivity contribution >= 4 is 27.8 Å². The van der Waals surface area contributed by atoms with E-state index in [2.05, 4.69) is 87.9 Å². The lowest BCUT2D eigenvalue weighted by atomic mass is 9.85. The number of aryl methyl sites for hydroxylation is 2. The summed E-state index contributed by atoms with van der Waals surface area (Å²) in [5.41, 5.74) is 14.3. The molecule has 0 unspecified atom stereocenters. The van der Waals surface area contributed by atoms with Gasteiger partial charge < -0.3 is 0 Å². The molecule has 5 rings (SSSR count). The molecule has 3 heteroatoms. The molecule has 0 fully saturated rings. The zero-order chi connectivity index (χ0) is 21.4. The molecule has 2 aromatic heterocycles. The Morgan fingerprint density at radius 2 is 1.80 bits per heavy atom. The molecule has 0 radical (unpaired) electrons. The molecule has 0 amide bonds. The molecule has 0 atom stereocenters. The van der Waals surface area contributed by atoms with Crippen molar-refractivity contribution < 1.29 is 4.57 Å². The van der Waals surface area contributed by atoms with Crippen LogP contribution in [0.25, 0.3) is 27.8 Å². The van der Waals surface area contributed by atoms with Crippen LogP contribution in [-0.4, -0.2) is 9.38 Å². The zero-order valence-electron chi connectivity index (χ0n) is 19.3. The first-order valence-electron chi connectivity index (χ1n) is 11.1. The van der Waals surface area contributed by atoms with E-state index in [4.69, 9.17) is 4.98 Å². The second-order valence-corrected chi connectivity index (χ2v) is 10.2. The van der Waals surface area contributed by atoms with Crippen LogP contribution in [0.1, 0.15) is 70.0 Å². The van der Waals surface area contributed by atoms with E-state index in [1.54, 1.807) is 0 Å². The molecular formula is C27H32N3+. The lowest BCUT2D eigenvalue weighted by molar-refractivity contribution is -0.658. The molecule has 1 aliphatic heterocycles. The minimum atomic E-state index is 0.0766. The van der Waals surface area contributed by atoms with Gasteiger partial charge in [-0.05, 0) is 68.7 Å². The summed E-state index contributed by atoms with van der Waals surface area (Å²) >= 11 is 0. The van der Waals surface area contributed by atoms with Crippen molar-refractivity contribution in [1.29, 1.82) is 0 Å². The van der Waals surface area contributed by atoms with Gasteiger partial charge in [0.25, 0.3) is 5.69 Å². The Morgan fingerprint density at radius 3 is 2.50 bits per heavy atom. The van der Waals surface area contributed by atoms with E-state index >= 15 is 0 Å². The van der Waals surface area contributed by atoms with E-state index in [1.165, 1.54) is 50.1 Å². The van der Waals surface area contributed by atoms with Crippen molar-refractivity contribution in [2.24, 2.45) is 5.41 Å². The third-order valence-electron chi connectivity index (χ3n) is 6.73. The van der Waals surface area contributed by atoms with Crippen LogP contribution in [-0.2, 0) is 6.54 Å². The summed E-state index contributed by atoms with van der Waals surface area (Å²) in [5, 5.41) is 0. The van der Waals surface area contributed by atoms with Crippen molar-refractivity contribution in [3.8, 4) is 0 Å². The molecule has 3 heterocycles. The molecule has 0 bridgehead atoms. The second-order valence-electron chi connectivity index (χ2n) is 10.2. The summed E-state index contributed by atoms with van der Waals surface area (Å²) in [6, 6.07) is 4.62. The lowest BCUT2D eigenvalue weighted by Crippen LogP contribution is -2.37. The minimum Gasteiger partial charge on any atom is -0.288 e. The SMILES string of the molecule is CC1=CCCC(C)=C1c1cn2c(n1)c1[n+](c3cc(C)cc(C)c32)CC=C1C(C)(C)C. The van der Waals surface area contributed by atoms with Crippen molar-refractivity contribution in [3.05, 3.63) is 64.1 Å². The predicted molar refractivity (Wildman–Crippen MR) is 125 cm³/mol. The third-order valence-corrected chi connectivity index (χ3v) is 6.73. The molecular weight excluding hydrogens is 366 g/mol. The molecule has 154 valence electrons. The van der Waals surface area contributed by atoms with Gasteiger partial charge in [-0.2, -0.15) is 4.57 Å². The number of aromatic nitrogens is 3.